The average Bonchev–Trinajstić information content (AvgIpc) is 2.61. The number of methoxy groups -OCH3 is 1. The number of carbonyl (C=O) groups is 2. The minimum absolute atomic E-state index is 0.255. The van der Waals surface area contributed by atoms with Crippen molar-refractivity contribution < 1.29 is 14.3 Å². The molecular formula is C19H17NO3. The van der Waals surface area contributed by atoms with Crippen LogP contribution in [0.25, 0.3) is 12.2 Å². The molecule has 1 N–H and O–H groups in total. The van der Waals surface area contributed by atoms with Gasteiger partial charge in [0.05, 0.1) is 12.7 Å². The second kappa shape index (κ2) is 7.22. The molecule has 1 amide bonds. The molecule has 0 aliphatic carbocycles. The van der Waals surface area contributed by atoms with Crippen LogP contribution in [-0.2, 0) is 4.74 Å². The first-order valence-electron chi connectivity index (χ1n) is 6.98. The number of hydrogen-bond donors (Lipinski definition) is 1. The van der Waals surface area contributed by atoms with Gasteiger partial charge in [0.25, 0.3) is 5.91 Å². The van der Waals surface area contributed by atoms with E-state index in [0.717, 1.165) is 5.56 Å². The van der Waals surface area contributed by atoms with E-state index in [-0.39, 0.29) is 5.91 Å². The van der Waals surface area contributed by atoms with Gasteiger partial charge >= 0.3 is 5.97 Å². The van der Waals surface area contributed by atoms with E-state index in [1.54, 1.807) is 42.5 Å². The van der Waals surface area contributed by atoms with E-state index in [1.807, 2.05) is 12.1 Å². The standard InChI is InChI=1S/C19H17NO3/c1-4-13-8-6-7-9-16(13)18(21)20-17-11-10-15(19(22)23-3)12-14(17)5-2/h4-12H,1-2H2,3H3,(H,20,21). The number of esters is 1. The Morgan fingerprint density at radius 1 is 1.04 bits per heavy atom. The van der Waals surface area contributed by atoms with Crippen LogP contribution in [0.1, 0.15) is 31.8 Å². The van der Waals surface area contributed by atoms with Gasteiger partial charge < -0.3 is 10.1 Å². The zero-order valence-corrected chi connectivity index (χ0v) is 12.8. The molecule has 0 saturated heterocycles. The third kappa shape index (κ3) is 3.55. The summed E-state index contributed by atoms with van der Waals surface area (Å²) in [5.41, 5.74) is 2.87. The largest absolute Gasteiger partial charge is 0.465 e. The Morgan fingerprint density at radius 2 is 1.74 bits per heavy atom. The normalized spacial score (nSPS) is 9.78. The lowest BCUT2D eigenvalue weighted by Gasteiger charge is -2.11. The molecule has 0 saturated carbocycles. The predicted octanol–water partition coefficient (Wildman–Crippen LogP) is 4.01. The highest BCUT2D eigenvalue weighted by Gasteiger charge is 2.13. The van der Waals surface area contributed by atoms with Crippen molar-refractivity contribution in [2.75, 3.05) is 12.4 Å². The van der Waals surface area contributed by atoms with Crippen molar-refractivity contribution in [3.8, 4) is 0 Å². The van der Waals surface area contributed by atoms with Gasteiger partial charge in [-0.1, -0.05) is 43.5 Å². The molecule has 4 heteroatoms. The summed E-state index contributed by atoms with van der Waals surface area (Å²) >= 11 is 0. The van der Waals surface area contributed by atoms with E-state index in [1.165, 1.54) is 7.11 Å². The molecule has 0 radical (unpaired) electrons. The summed E-state index contributed by atoms with van der Waals surface area (Å²) in [4.78, 5) is 24.0. The highest BCUT2D eigenvalue weighted by Crippen LogP contribution is 2.21. The number of ether oxygens (including phenoxy) is 1. The van der Waals surface area contributed by atoms with Gasteiger partial charge in [-0.25, -0.2) is 4.79 Å². The van der Waals surface area contributed by atoms with Crippen molar-refractivity contribution in [3.63, 3.8) is 0 Å². The first-order valence-corrected chi connectivity index (χ1v) is 6.98. The Labute approximate surface area is 135 Å². The molecule has 0 aliphatic rings. The number of carbonyl (C=O) groups excluding carboxylic acids is 2. The third-order valence-electron chi connectivity index (χ3n) is 3.37. The SMILES string of the molecule is C=Cc1cc(C(=O)OC)ccc1NC(=O)c1ccccc1C=C. The Kier molecular flexibility index (Phi) is 5.10. The van der Waals surface area contributed by atoms with Crippen molar-refractivity contribution in [1.82, 2.24) is 0 Å². The van der Waals surface area contributed by atoms with E-state index >= 15 is 0 Å². The summed E-state index contributed by atoms with van der Waals surface area (Å²) in [6, 6.07) is 12.0. The number of rotatable bonds is 5. The highest BCUT2D eigenvalue weighted by atomic mass is 16.5. The summed E-state index contributed by atoms with van der Waals surface area (Å²) in [7, 11) is 1.32. The summed E-state index contributed by atoms with van der Waals surface area (Å²) < 4.78 is 4.68. The maximum Gasteiger partial charge on any atom is 0.337 e. The zero-order chi connectivity index (χ0) is 16.8. The van der Waals surface area contributed by atoms with Gasteiger partial charge in [-0.3, -0.25) is 4.79 Å². The summed E-state index contributed by atoms with van der Waals surface area (Å²) in [6.45, 7) is 7.42. The van der Waals surface area contributed by atoms with Crippen LogP contribution in [-0.4, -0.2) is 19.0 Å². The van der Waals surface area contributed by atoms with Gasteiger partial charge in [-0.15, -0.1) is 0 Å². The van der Waals surface area contributed by atoms with Crippen LogP contribution in [0.15, 0.2) is 55.6 Å². The minimum atomic E-state index is -0.442. The number of hydrogen-bond acceptors (Lipinski definition) is 3. The summed E-state index contributed by atoms with van der Waals surface area (Å²) in [5.74, 6) is -0.697. The molecule has 0 spiro atoms. The van der Waals surface area contributed by atoms with Crippen molar-refractivity contribution in [2.45, 2.75) is 0 Å². The van der Waals surface area contributed by atoms with E-state index in [0.29, 0.717) is 22.4 Å². The molecule has 4 nitrogen and oxygen atoms in total. The lowest BCUT2D eigenvalue weighted by atomic mass is 10.1. The lowest BCUT2D eigenvalue weighted by Crippen LogP contribution is -2.14. The quantitative estimate of drug-likeness (QED) is 0.849. The molecule has 2 aromatic carbocycles. The zero-order valence-electron chi connectivity index (χ0n) is 12.8. The fourth-order valence-corrected chi connectivity index (χ4v) is 2.16. The van der Waals surface area contributed by atoms with Gasteiger partial charge in [0.15, 0.2) is 0 Å². The summed E-state index contributed by atoms with van der Waals surface area (Å²) in [6.07, 6.45) is 3.20. The molecule has 0 aromatic heterocycles. The van der Waals surface area contributed by atoms with E-state index < -0.39 is 5.97 Å². The van der Waals surface area contributed by atoms with Gasteiger partial charge in [0.2, 0.25) is 0 Å². The molecule has 0 bridgehead atoms. The first kappa shape index (κ1) is 16.2. The van der Waals surface area contributed by atoms with Crippen LogP contribution in [0, 0.1) is 0 Å². The number of benzene rings is 2. The van der Waals surface area contributed by atoms with Crippen LogP contribution in [0.5, 0.6) is 0 Å². The van der Waals surface area contributed by atoms with Crippen LogP contribution in [0.2, 0.25) is 0 Å². The Balaban J connectivity index is 2.32. The van der Waals surface area contributed by atoms with Crippen LogP contribution in [0.4, 0.5) is 5.69 Å². The van der Waals surface area contributed by atoms with Gasteiger partial charge in [0, 0.05) is 11.3 Å². The molecular weight excluding hydrogens is 290 g/mol. The molecule has 0 heterocycles. The molecule has 23 heavy (non-hydrogen) atoms. The van der Waals surface area contributed by atoms with Gasteiger partial charge in [0.1, 0.15) is 0 Å². The second-order valence-electron chi connectivity index (χ2n) is 4.74. The Hall–Kier alpha value is -3.14. The third-order valence-corrected chi connectivity index (χ3v) is 3.37. The summed E-state index contributed by atoms with van der Waals surface area (Å²) in [5, 5.41) is 2.83. The lowest BCUT2D eigenvalue weighted by molar-refractivity contribution is 0.0600. The van der Waals surface area contributed by atoms with Gasteiger partial charge in [-0.2, -0.15) is 0 Å². The Bertz CT molecular complexity index is 778. The first-order chi connectivity index (χ1) is 11.1. The maximum absolute atomic E-state index is 12.5. The monoisotopic (exact) mass is 307 g/mol. The predicted molar refractivity (Wildman–Crippen MR) is 92.4 cm³/mol. The smallest absolute Gasteiger partial charge is 0.337 e. The maximum atomic E-state index is 12.5. The van der Waals surface area contributed by atoms with Crippen LogP contribution < -0.4 is 5.32 Å². The van der Waals surface area contributed by atoms with Crippen LogP contribution >= 0.6 is 0 Å². The van der Waals surface area contributed by atoms with Crippen molar-refractivity contribution in [3.05, 3.63) is 77.9 Å². The molecule has 0 fully saturated rings. The van der Waals surface area contributed by atoms with Crippen molar-refractivity contribution in [1.29, 1.82) is 0 Å². The molecule has 116 valence electrons. The molecule has 0 aliphatic heterocycles. The topological polar surface area (TPSA) is 55.4 Å². The highest BCUT2D eigenvalue weighted by molar-refractivity contribution is 6.07. The fraction of sp³-hybridized carbons (Fsp3) is 0.0526. The Morgan fingerprint density at radius 3 is 2.39 bits per heavy atom. The fourth-order valence-electron chi connectivity index (χ4n) is 2.16. The molecule has 0 atom stereocenters. The molecule has 2 rings (SSSR count). The average molecular weight is 307 g/mol. The number of amides is 1. The second-order valence-corrected chi connectivity index (χ2v) is 4.74. The minimum Gasteiger partial charge on any atom is -0.465 e. The van der Waals surface area contributed by atoms with E-state index in [9.17, 15) is 9.59 Å². The van der Waals surface area contributed by atoms with E-state index in [2.05, 4.69) is 23.2 Å². The van der Waals surface area contributed by atoms with Crippen molar-refractivity contribution >= 4 is 29.7 Å². The molecule has 2 aromatic rings. The number of nitrogens with one attached hydrogen (secondary N) is 1. The van der Waals surface area contributed by atoms with E-state index in [4.69, 9.17) is 0 Å². The number of anilines is 1. The van der Waals surface area contributed by atoms with Crippen molar-refractivity contribution in [2.24, 2.45) is 0 Å². The molecule has 0 unspecified atom stereocenters. The van der Waals surface area contributed by atoms with Gasteiger partial charge in [-0.05, 0) is 35.4 Å². The van der Waals surface area contributed by atoms with Crippen LogP contribution in [0.3, 0.4) is 0 Å².